The van der Waals surface area contributed by atoms with Gasteiger partial charge in [0.1, 0.15) is 5.82 Å². The van der Waals surface area contributed by atoms with Crippen molar-refractivity contribution in [3.05, 3.63) is 89.3 Å². The standard InChI is InChI=1S/C29H31F3O/c1-3-4-5-6-22-13-16-26(29(32)28(22)31)21-11-9-20(10-12-21)23-14-15-25(27(30)17-23)24-8-7-19(2)33-18-24/h4-5,9-17,19,24,28-29H,3,6-8,18H2,1-2H3/b5-4-. The Hall–Kier alpha value is -2.59. The van der Waals surface area contributed by atoms with Crippen LogP contribution in [-0.2, 0) is 4.74 Å². The molecule has 1 aliphatic carbocycles. The molecule has 1 nitrogen and oxygen atoms in total. The van der Waals surface area contributed by atoms with Gasteiger partial charge in [-0.15, -0.1) is 0 Å². The molecule has 0 aromatic heterocycles. The molecular formula is C29H31F3O. The summed E-state index contributed by atoms with van der Waals surface area (Å²) >= 11 is 0. The van der Waals surface area contributed by atoms with Crippen LogP contribution in [0.2, 0.25) is 0 Å². The molecule has 2 aliphatic rings. The van der Waals surface area contributed by atoms with Crippen molar-refractivity contribution in [3.63, 3.8) is 0 Å². The maximum absolute atomic E-state index is 14.9. The lowest BCUT2D eigenvalue weighted by Crippen LogP contribution is -2.23. The van der Waals surface area contributed by atoms with Gasteiger partial charge in [0.15, 0.2) is 12.3 Å². The Morgan fingerprint density at radius 3 is 2.30 bits per heavy atom. The number of allylic oxidation sites excluding steroid dienone is 6. The molecule has 4 unspecified atom stereocenters. The molecular weight excluding hydrogens is 421 g/mol. The minimum absolute atomic E-state index is 0.0846. The summed E-state index contributed by atoms with van der Waals surface area (Å²) < 4.78 is 50.0. The zero-order valence-corrected chi connectivity index (χ0v) is 19.2. The number of alkyl halides is 2. The molecule has 174 valence electrons. The van der Waals surface area contributed by atoms with Gasteiger partial charge < -0.3 is 4.74 Å². The van der Waals surface area contributed by atoms with Crippen LogP contribution in [-0.4, -0.2) is 25.1 Å². The van der Waals surface area contributed by atoms with Crippen molar-refractivity contribution in [1.29, 1.82) is 0 Å². The molecule has 4 heteroatoms. The molecule has 0 bridgehead atoms. The van der Waals surface area contributed by atoms with E-state index in [1.165, 1.54) is 0 Å². The van der Waals surface area contributed by atoms with E-state index < -0.39 is 12.3 Å². The zero-order chi connectivity index (χ0) is 23.4. The molecule has 1 fully saturated rings. The first kappa shape index (κ1) is 23.6. The van der Waals surface area contributed by atoms with Crippen LogP contribution in [0.3, 0.4) is 0 Å². The van der Waals surface area contributed by atoms with Crippen molar-refractivity contribution < 1.29 is 17.9 Å². The van der Waals surface area contributed by atoms with Gasteiger partial charge in [-0.2, -0.15) is 0 Å². The fraction of sp³-hybridized carbons (Fsp3) is 0.379. The highest BCUT2D eigenvalue weighted by Gasteiger charge is 2.30. The summed E-state index contributed by atoms with van der Waals surface area (Å²) in [4.78, 5) is 0. The highest BCUT2D eigenvalue weighted by molar-refractivity contribution is 5.75. The summed E-state index contributed by atoms with van der Waals surface area (Å²) in [6.45, 7) is 4.60. The maximum atomic E-state index is 14.9. The van der Waals surface area contributed by atoms with Gasteiger partial charge in [0.25, 0.3) is 0 Å². The Morgan fingerprint density at radius 2 is 1.64 bits per heavy atom. The van der Waals surface area contributed by atoms with Gasteiger partial charge >= 0.3 is 0 Å². The van der Waals surface area contributed by atoms with Gasteiger partial charge in [0.2, 0.25) is 0 Å². The quantitative estimate of drug-likeness (QED) is 0.402. The molecule has 2 aromatic carbocycles. The van der Waals surface area contributed by atoms with Gasteiger partial charge in [-0.3, -0.25) is 0 Å². The normalized spacial score (nSPS) is 25.7. The third-order valence-electron chi connectivity index (χ3n) is 6.64. The van der Waals surface area contributed by atoms with E-state index >= 15 is 0 Å². The first-order valence-corrected chi connectivity index (χ1v) is 11.8. The Morgan fingerprint density at radius 1 is 0.909 bits per heavy atom. The molecule has 0 spiro atoms. The molecule has 1 saturated heterocycles. The molecule has 0 amide bonds. The maximum Gasteiger partial charge on any atom is 0.161 e. The number of halogens is 3. The number of ether oxygens (including phenoxy) is 1. The van der Waals surface area contributed by atoms with Gasteiger partial charge in [-0.05, 0) is 72.1 Å². The smallest absolute Gasteiger partial charge is 0.161 e. The molecule has 4 rings (SSSR count). The minimum Gasteiger partial charge on any atom is -0.378 e. The summed E-state index contributed by atoms with van der Waals surface area (Å²) in [7, 11) is 0. The molecule has 1 aliphatic heterocycles. The van der Waals surface area contributed by atoms with E-state index in [4.69, 9.17) is 4.74 Å². The van der Waals surface area contributed by atoms with Crippen LogP contribution in [0.4, 0.5) is 13.2 Å². The first-order chi connectivity index (χ1) is 16.0. The largest absolute Gasteiger partial charge is 0.378 e. The van der Waals surface area contributed by atoms with Crippen molar-refractivity contribution in [1.82, 2.24) is 0 Å². The molecule has 2 aromatic rings. The molecule has 0 radical (unpaired) electrons. The number of hydrogen-bond donors (Lipinski definition) is 0. The average Bonchev–Trinajstić information content (AvgIpc) is 2.83. The van der Waals surface area contributed by atoms with E-state index in [1.54, 1.807) is 30.4 Å². The summed E-state index contributed by atoms with van der Waals surface area (Å²) in [6.07, 6.45) is 7.25. The minimum atomic E-state index is -1.69. The highest BCUT2D eigenvalue weighted by atomic mass is 19.2. The topological polar surface area (TPSA) is 9.23 Å². The van der Waals surface area contributed by atoms with E-state index in [0.29, 0.717) is 35.3 Å². The van der Waals surface area contributed by atoms with E-state index in [9.17, 15) is 13.2 Å². The van der Waals surface area contributed by atoms with Crippen LogP contribution < -0.4 is 0 Å². The van der Waals surface area contributed by atoms with Crippen LogP contribution in [0.15, 0.2) is 72.3 Å². The third-order valence-corrected chi connectivity index (χ3v) is 6.64. The fourth-order valence-electron chi connectivity index (χ4n) is 4.57. The fourth-order valence-corrected chi connectivity index (χ4v) is 4.57. The number of hydrogen-bond acceptors (Lipinski definition) is 1. The second-order valence-corrected chi connectivity index (χ2v) is 8.98. The first-order valence-electron chi connectivity index (χ1n) is 11.8. The van der Waals surface area contributed by atoms with Gasteiger partial charge in [0, 0.05) is 5.92 Å². The van der Waals surface area contributed by atoms with Crippen molar-refractivity contribution in [2.45, 2.75) is 63.9 Å². The van der Waals surface area contributed by atoms with Gasteiger partial charge in [-0.1, -0.05) is 67.6 Å². The van der Waals surface area contributed by atoms with Crippen LogP contribution in [0.1, 0.15) is 56.6 Å². The van der Waals surface area contributed by atoms with Crippen molar-refractivity contribution in [3.8, 4) is 11.1 Å². The van der Waals surface area contributed by atoms with Gasteiger partial charge in [-0.25, -0.2) is 13.2 Å². The lowest BCUT2D eigenvalue weighted by atomic mass is 9.87. The summed E-state index contributed by atoms with van der Waals surface area (Å²) in [5.41, 5.74) is 3.73. The molecule has 0 N–H and O–H groups in total. The predicted octanol–water partition coefficient (Wildman–Crippen LogP) is 8.13. The van der Waals surface area contributed by atoms with Crippen molar-refractivity contribution in [2.24, 2.45) is 0 Å². The second kappa shape index (κ2) is 10.6. The van der Waals surface area contributed by atoms with E-state index in [0.717, 1.165) is 30.4 Å². The van der Waals surface area contributed by atoms with Crippen LogP contribution in [0, 0.1) is 5.82 Å². The predicted molar refractivity (Wildman–Crippen MR) is 129 cm³/mol. The second-order valence-electron chi connectivity index (χ2n) is 8.98. The summed E-state index contributed by atoms with van der Waals surface area (Å²) in [5, 5.41) is 0. The Labute approximate surface area is 194 Å². The monoisotopic (exact) mass is 452 g/mol. The van der Waals surface area contributed by atoms with Crippen molar-refractivity contribution >= 4 is 5.57 Å². The Balaban J connectivity index is 1.50. The Bertz CT molecular complexity index is 1040. The van der Waals surface area contributed by atoms with Crippen LogP contribution >= 0.6 is 0 Å². The average molecular weight is 453 g/mol. The van der Waals surface area contributed by atoms with E-state index in [1.807, 2.05) is 50.3 Å². The van der Waals surface area contributed by atoms with E-state index in [2.05, 4.69) is 0 Å². The molecule has 33 heavy (non-hydrogen) atoms. The lowest BCUT2D eigenvalue weighted by molar-refractivity contribution is 0.0148. The third kappa shape index (κ3) is 5.33. The van der Waals surface area contributed by atoms with E-state index in [-0.39, 0.29) is 17.8 Å². The van der Waals surface area contributed by atoms with Crippen LogP contribution in [0.25, 0.3) is 16.7 Å². The molecule has 1 heterocycles. The lowest BCUT2D eigenvalue weighted by Gasteiger charge is -2.27. The number of benzene rings is 2. The Kier molecular flexibility index (Phi) is 7.54. The zero-order valence-electron chi connectivity index (χ0n) is 19.2. The highest BCUT2D eigenvalue weighted by Crippen LogP contribution is 2.35. The number of rotatable bonds is 6. The van der Waals surface area contributed by atoms with Gasteiger partial charge in [0.05, 0.1) is 12.7 Å². The molecule has 4 atom stereocenters. The van der Waals surface area contributed by atoms with Crippen LogP contribution in [0.5, 0.6) is 0 Å². The SMILES string of the molecule is CC/C=C\CC1=CC=C(c2ccc(-c3ccc(C4CCC(C)OC4)c(F)c3)cc2)C(F)C1F. The summed E-state index contributed by atoms with van der Waals surface area (Å²) in [5.74, 6) is -0.144. The van der Waals surface area contributed by atoms with Crippen molar-refractivity contribution in [2.75, 3.05) is 6.61 Å². The molecule has 0 saturated carbocycles. The summed E-state index contributed by atoms with van der Waals surface area (Å²) in [6, 6.07) is 12.5.